The number of aryl methyl sites for hydroxylation is 1. The summed E-state index contributed by atoms with van der Waals surface area (Å²) >= 11 is 0. The zero-order chi connectivity index (χ0) is 13.6. The first kappa shape index (κ1) is 14.3. The molecule has 1 aromatic heterocycles. The number of rotatable bonds is 1. The monoisotopic (exact) mass is 288 g/mol. The van der Waals surface area contributed by atoms with Gasteiger partial charge in [0.15, 0.2) is 0 Å². The Bertz CT molecular complexity index is 784. The van der Waals surface area contributed by atoms with Crippen LogP contribution in [0.5, 0.6) is 0 Å². The van der Waals surface area contributed by atoms with Crippen molar-refractivity contribution in [2.24, 2.45) is 0 Å². The quantitative estimate of drug-likeness (QED) is 0.699. The minimum Gasteiger partial charge on any atom is -0.382 e. The highest BCUT2D eigenvalue weighted by Crippen LogP contribution is 2.25. The molecule has 0 saturated carbocycles. The molecule has 0 unspecified atom stereocenters. The van der Waals surface area contributed by atoms with E-state index >= 15 is 0 Å². The second-order valence-electron chi connectivity index (χ2n) is 4.96. The van der Waals surface area contributed by atoms with Gasteiger partial charge >= 0.3 is 0 Å². The molecule has 3 aromatic rings. The molecule has 3 rings (SSSR count). The van der Waals surface area contributed by atoms with Crippen molar-refractivity contribution in [1.29, 1.82) is 0 Å². The molecule has 20 heavy (non-hydrogen) atoms. The topological polar surface area (TPSA) is 55.0 Å². The highest BCUT2D eigenvalue weighted by atomic mass is 35.5. The molecule has 0 radical (unpaired) electrons. The molecule has 1 heterocycles. The SMILES string of the molecule is Cc1nc2cc3ccc(N(C)C)cc3cc2nc1N.Cl. The van der Waals surface area contributed by atoms with Crippen LogP contribution < -0.4 is 10.6 Å². The Hall–Kier alpha value is -2.07. The molecule has 0 amide bonds. The number of benzene rings is 2. The number of aromatic nitrogens is 2. The first-order valence-corrected chi connectivity index (χ1v) is 6.19. The van der Waals surface area contributed by atoms with Gasteiger partial charge < -0.3 is 10.6 Å². The lowest BCUT2D eigenvalue weighted by atomic mass is 10.1. The van der Waals surface area contributed by atoms with Crippen LogP contribution in [0.1, 0.15) is 5.69 Å². The molecule has 0 saturated heterocycles. The van der Waals surface area contributed by atoms with Gasteiger partial charge in [0.1, 0.15) is 5.82 Å². The van der Waals surface area contributed by atoms with Gasteiger partial charge in [0.2, 0.25) is 0 Å². The summed E-state index contributed by atoms with van der Waals surface area (Å²) in [6.07, 6.45) is 0. The Balaban J connectivity index is 0.00000147. The summed E-state index contributed by atoms with van der Waals surface area (Å²) < 4.78 is 0. The Kier molecular flexibility index (Phi) is 3.68. The third-order valence-corrected chi connectivity index (χ3v) is 3.33. The van der Waals surface area contributed by atoms with E-state index in [-0.39, 0.29) is 12.4 Å². The van der Waals surface area contributed by atoms with Crippen molar-refractivity contribution in [2.75, 3.05) is 24.7 Å². The van der Waals surface area contributed by atoms with E-state index in [0.29, 0.717) is 5.82 Å². The maximum absolute atomic E-state index is 5.83. The maximum Gasteiger partial charge on any atom is 0.145 e. The van der Waals surface area contributed by atoms with E-state index in [1.54, 1.807) is 0 Å². The third kappa shape index (κ3) is 2.34. The van der Waals surface area contributed by atoms with Crippen molar-refractivity contribution in [1.82, 2.24) is 9.97 Å². The fraction of sp³-hybridized carbons (Fsp3) is 0.200. The molecule has 4 nitrogen and oxygen atoms in total. The van der Waals surface area contributed by atoms with Gasteiger partial charge in [-0.05, 0) is 42.0 Å². The molecular formula is C15H17ClN4. The average Bonchev–Trinajstić information content (AvgIpc) is 2.37. The smallest absolute Gasteiger partial charge is 0.145 e. The van der Waals surface area contributed by atoms with E-state index < -0.39 is 0 Å². The maximum atomic E-state index is 5.83. The van der Waals surface area contributed by atoms with Crippen LogP contribution in [-0.4, -0.2) is 24.1 Å². The Morgan fingerprint density at radius 1 is 0.950 bits per heavy atom. The molecular weight excluding hydrogens is 272 g/mol. The summed E-state index contributed by atoms with van der Waals surface area (Å²) in [4.78, 5) is 11.0. The van der Waals surface area contributed by atoms with Crippen LogP contribution in [0, 0.1) is 6.92 Å². The van der Waals surface area contributed by atoms with Gasteiger partial charge in [0.05, 0.1) is 16.7 Å². The van der Waals surface area contributed by atoms with Crippen LogP contribution in [0.15, 0.2) is 30.3 Å². The minimum absolute atomic E-state index is 0. The van der Waals surface area contributed by atoms with Crippen LogP contribution >= 0.6 is 12.4 Å². The molecule has 5 heteroatoms. The number of hydrogen-bond donors (Lipinski definition) is 1. The highest BCUT2D eigenvalue weighted by Gasteiger charge is 2.05. The molecule has 0 bridgehead atoms. The molecule has 0 aliphatic carbocycles. The van der Waals surface area contributed by atoms with Crippen molar-refractivity contribution in [3.63, 3.8) is 0 Å². The van der Waals surface area contributed by atoms with Crippen LogP contribution in [0.3, 0.4) is 0 Å². The van der Waals surface area contributed by atoms with E-state index in [1.165, 1.54) is 5.69 Å². The predicted molar refractivity (Wildman–Crippen MR) is 87.8 cm³/mol. The van der Waals surface area contributed by atoms with Gasteiger partial charge in [-0.25, -0.2) is 9.97 Å². The number of nitrogens with zero attached hydrogens (tertiary/aromatic N) is 3. The van der Waals surface area contributed by atoms with E-state index in [2.05, 4.69) is 39.1 Å². The van der Waals surface area contributed by atoms with E-state index in [4.69, 9.17) is 5.73 Å². The van der Waals surface area contributed by atoms with Crippen LogP contribution in [-0.2, 0) is 0 Å². The number of anilines is 2. The second-order valence-corrected chi connectivity index (χ2v) is 4.96. The summed E-state index contributed by atoms with van der Waals surface area (Å²) in [5, 5.41) is 2.31. The van der Waals surface area contributed by atoms with Crippen molar-refractivity contribution in [2.45, 2.75) is 6.92 Å². The molecule has 0 spiro atoms. The van der Waals surface area contributed by atoms with Crippen molar-refractivity contribution in [3.05, 3.63) is 36.0 Å². The molecule has 0 aliphatic heterocycles. The molecule has 0 aliphatic rings. The molecule has 2 N–H and O–H groups in total. The van der Waals surface area contributed by atoms with Gasteiger partial charge in [-0.1, -0.05) is 6.07 Å². The number of fused-ring (bicyclic) bond motifs is 2. The Morgan fingerprint density at radius 2 is 1.60 bits per heavy atom. The molecule has 0 fully saturated rings. The zero-order valence-corrected chi connectivity index (χ0v) is 12.5. The molecule has 104 valence electrons. The van der Waals surface area contributed by atoms with Gasteiger partial charge in [-0.3, -0.25) is 0 Å². The summed E-state index contributed by atoms with van der Waals surface area (Å²) in [7, 11) is 4.06. The largest absolute Gasteiger partial charge is 0.382 e. The lowest BCUT2D eigenvalue weighted by molar-refractivity contribution is 1.13. The van der Waals surface area contributed by atoms with Crippen molar-refractivity contribution >= 4 is 45.7 Å². The van der Waals surface area contributed by atoms with Gasteiger partial charge in [-0.2, -0.15) is 0 Å². The van der Waals surface area contributed by atoms with Crippen molar-refractivity contribution in [3.8, 4) is 0 Å². The Morgan fingerprint density at radius 3 is 2.30 bits per heavy atom. The van der Waals surface area contributed by atoms with E-state index in [9.17, 15) is 0 Å². The van der Waals surface area contributed by atoms with E-state index in [0.717, 1.165) is 27.5 Å². The summed E-state index contributed by atoms with van der Waals surface area (Å²) in [5.41, 5.74) is 9.49. The number of nitrogens with two attached hydrogens (primary N) is 1. The first-order chi connectivity index (χ1) is 9.04. The fourth-order valence-electron chi connectivity index (χ4n) is 2.17. The summed E-state index contributed by atoms with van der Waals surface area (Å²) in [6.45, 7) is 1.88. The number of halogens is 1. The summed E-state index contributed by atoms with van der Waals surface area (Å²) in [6, 6.07) is 10.5. The first-order valence-electron chi connectivity index (χ1n) is 6.19. The standard InChI is InChI=1S/C15H16N4.ClH/c1-9-15(16)18-14-8-11-6-12(19(2)3)5-4-10(11)7-13(14)17-9;/h4-8H,1-3H3,(H2,16,18);1H. The Labute approximate surface area is 124 Å². The lowest BCUT2D eigenvalue weighted by Crippen LogP contribution is -2.08. The summed E-state index contributed by atoms with van der Waals surface area (Å²) in [5.74, 6) is 0.496. The highest BCUT2D eigenvalue weighted by molar-refractivity contribution is 5.96. The number of hydrogen-bond acceptors (Lipinski definition) is 4. The number of nitrogen functional groups attached to an aromatic ring is 1. The van der Waals surface area contributed by atoms with Gasteiger partial charge in [0, 0.05) is 19.8 Å². The van der Waals surface area contributed by atoms with Crippen LogP contribution in [0.25, 0.3) is 21.8 Å². The normalized spacial score (nSPS) is 10.6. The fourth-order valence-corrected chi connectivity index (χ4v) is 2.17. The third-order valence-electron chi connectivity index (χ3n) is 3.33. The van der Waals surface area contributed by atoms with Gasteiger partial charge in [0.25, 0.3) is 0 Å². The minimum atomic E-state index is 0. The van der Waals surface area contributed by atoms with Crippen LogP contribution in [0.2, 0.25) is 0 Å². The van der Waals surface area contributed by atoms with E-state index in [1.807, 2.05) is 27.1 Å². The molecule has 2 aromatic carbocycles. The van der Waals surface area contributed by atoms with Crippen molar-refractivity contribution < 1.29 is 0 Å². The van der Waals surface area contributed by atoms with Crippen LogP contribution in [0.4, 0.5) is 11.5 Å². The lowest BCUT2D eigenvalue weighted by Gasteiger charge is -2.13. The van der Waals surface area contributed by atoms with Gasteiger partial charge in [-0.15, -0.1) is 12.4 Å². The second kappa shape index (κ2) is 5.13. The predicted octanol–water partition coefficient (Wildman–Crippen LogP) is 3.16. The molecule has 0 atom stereocenters. The average molecular weight is 289 g/mol. The zero-order valence-electron chi connectivity index (χ0n) is 11.7.